The summed E-state index contributed by atoms with van der Waals surface area (Å²) in [6.07, 6.45) is 0. The molecule has 0 aliphatic rings. The van der Waals surface area contributed by atoms with E-state index in [9.17, 15) is 14.4 Å². The minimum atomic E-state index is -0.685. The quantitative estimate of drug-likeness (QED) is 0.691. The van der Waals surface area contributed by atoms with Crippen molar-refractivity contribution in [3.8, 4) is 0 Å². The summed E-state index contributed by atoms with van der Waals surface area (Å²) in [7, 11) is 0. The Morgan fingerprint density at radius 1 is 0.920 bits per heavy atom. The van der Waals surface area contributed by atoms with Gasteiger partial charge in [0.2, 0.25) is 0 Å². The summed E-state index contributed by atoms with van der Waals surface area (Å²) < 4.78 is 5.46. The van der Waals surface area contributed by atoms with Gasteiger partial charge in [-0.05, 0) is 33.6 Å². The fourth-order valence-corrected chi connectivity index (χ4v) is 2.40. The number of ether oxygens (including phenoxy) is 1. The molecular formula is C18H17BrN2O4. The number of hydrogen-bond acceptors (Lipinski definition) is 4. The number of benzene rings is 2. The van der Waals surface area contributed by atoms with E-state index >= 15 is 0 Å². The zero-order valence-electron chi connectivity index (χ0n) is 13.3. The monoisotopic (exact) mass is 404 g/mol. The predicted molar refractivity (Wildman–Crippen MR) is 95.7 cm³/mol. The molecule has 0 spiro atoms. The molecule has 2 rings (SSSR count). The molecule has 0 aliphatic carbocycles. The first kappa shape index (κ1) is 18.7. The molecule has 2 N–H and O–H groups in total. The van der Waals surface area contributed by atoms with E-state index < -0.39 is 24.4 Å². The van der Waals surface area contributed by atoms with Crippen molar-refractivity contribution < 1.29 is 19.1 Å². The molecule has 0 aliphatic heterocycles. The normalized spacial score (nSPS) is 9.96. The first-order valence-electron chi connectivity index (χ1n) is 7.55. The molecule has 2 aromatic rings. The largest absolute Gasteiger partial charge is 0.454 e. The summed E-state index contributed by atoms with van der Waals surface area (Å²) in [5.74, 6) is -1.50. The SMILES string of the molecule is O=C(COC(=O)CNC(=O)c1ccccc1Br)NCc1ccccc1. The maximum atomic E-state index is 11.9. The Balaban J connectivity index is 1.67. The number of esters is 1. The van der Waals surface area contributed by atoms with Gasteiger partial charge in [-0.1, -0.05) is 42.5 Å². The van der Waals surface area contributed by atoms with Crippen molar-refractivity contribution in [3.63, 3.8) is 0 Å². The van der Waals surface area contributed by atoms with Gasteiger partial charge in [0.15, 0.2) is 6.61 Å². The first-order valence-corrected chi connectivity index (χ1v) is 8.34. The first-order chi connectivity index (χ1) is 12.1. The van der Waals surface area contributed by atoms with Crippen LogP contribution in [0.3, 0.4) is 0 Å². The molecule has 25 heavy (non-hydrogen) atoms. The van der Waals surface area contributed by atoms with E-state index in [1.807, 2.05) is 30.3 Å². The Morgan fingerprint density at radius 3 is 2.32 bits per heavy atom. The van der Waals surface area contributed by atoms with Gasteiger partial charge in [-0.2, -0.15) is 0 Å². The third-order valence-electron chi connectivity index (χ3n) is 3.21. The van der Waals surface area contributed by atoms with Crippen LogP contribution in [0.2, 0.25) is 0 Å². The van der Waals surface area contributed by atoms with Gasteiger partial charge in [-0.3, -0.25) is 14.4 Å². The van der Waals surface area contributed by atoms with Gasteiger partial charge in [0.1, 0.15) is 6.54 Å². The predicted octanol–water partition coefficient (Wildman–Crippen LogP) is 2.04. The van der Waals surface area contributed by atoms with Crippen LogP contribution in [0.1, 0.15) is 15.9 Å². The van der Waals surface area contributed by atoms with Crippen LogP contribution in [0.4, 0.5) is 0 Å². The van der Waals surface area contributed by atoms with E-state index in [2.05, 4.69) is 26.6 Å². The van der Waals surface area contributed by atoms with Crippen LogP contribution in [-0.4, -0.2) is 30.9 Å². The van der Waals surface area contributed by atoms with Crippen molar-refractivity contribution in [2.45, 2.75) is 6.54 Å². The van der Waals surface area contributed by atoms with Gasteiger partial charge < -0.3 is 15.4 Å². The zero-order chi connectivity index (χ0) is 18.1. The van der Waals surface area contributed by atoms with Crippen molar-refractivity contribution in [3.05, 3.63) is 70.2 Å². The van der Waals surface area contributed by atoms with Crippen LogP contribution < -0.4 is 10.6 Å². The second kappa shape index (κ2) is 9.58. The summed E-state index contributed by atoms with van der Waals surface area (Å²) in [6.45, 7) is -0.349. The summed E-state index contributed by atoms with van der Waals surface area (Å²) in [5, 5.41) is 5.09. The van der Waals surface area contributed by atoms with E-state index in [1.165, 1.54) is 0 Å². The fourth-order valence-electron chi connectivity index (χ4n) is 1.94. The lowest BCUT2D eigenvalue weighted by molar-refractivity contribution is -0.147. The number of nitrogens with one attached hydrogen (secondary N) is 2. The molecule has 0 saturated heterocycles. The Bertz CT molecular complexity index is 750. The lowest BCUT2D eigenvalue weighted by atomic mass is 10.2. The van der Waals surface area contributed by atoms with Gasteiger partial charge in [0.25, 0.3) is 11.8 Å². The van der Waals surface area contributed by atoms with Gasteiger partial charge >= 0.3 is 5.97 Å². The standard InChI is InChI=1S/C18H17BrN2O4/c19-15-9-5-4-8-14(15)18(24)21-11-17(23)25-12-16(22)20-10-13-6-2-1-3-7-13/h1-9H,10-12H2,(H,20,22)(H,21,24). The molecule has 130 valence electrons. The minimum absolute atomic E-state index is 0.313. The Kier molecular flexibility index (Phi) is 7.16. The van der Waals surface area contributed by atoms with E-state index in [1.54, 1.807) is 24.3 Å². The van der Waals surface area contributed by atoms with Crippen LogP contribution >= 0.6 is 15.9 Å². The van der Waals surface area contributed by atoms with Crippen molar-refractivity contribution in [1.82, 2.24) is 10.6 Å². The number of amides is 2. The second-order valence-corrected chi connectivity index (χ2v) is 5.94. The number of carbonyl (C=O) groups is 3. The number of halogens is 1. The molecule has 6 nitrogen and oxygen atoms in total. The summed E-state index contributed by atoms with van der Waals surface area (Å²) in [5.41, 5.74) is 1.36. The summed E-state index contributed by atoms with van der Waals surface area (Å²) >= 11 is 3.26. The number of carbonyl (C=O) groups excluding carboxylic acids is 3. The molecule has 0 heterocycles. The fraction of sp³-hybridized carbons (Fsp3) is 0.167. The van der Waals surface area contributed by atoms with E-state index in [0.717, 1.165) is 5.56 Å². The van der Waals surface area contributed by atoms with E-state index in [0.29, 0.717) is 16.6 Å². The lowest BCUT2D eigenvalue weighted by Gasteiger charge is -2.08. The van der Waals surface area contributed by atoms with Crippen LogP contribution in [-0.2, 0) is 20.9 Å². The van der Waals surface area contributed by atoms with Crippen molar-refractivity contribution in [1.29, 1.82) is 0 Å². The highest BCUT2D eigenvalue weighted by Gasteiger charge is 2.12. The second-order valence-electron chi connectivity index (χ2n) is 5.09. The molecule has 0 fully saturated rings. The van der Waals surface area contributed by atoms with Gasteiger partial charge in [0.05, 0.1) is 5.56 Å². The molecule has 0 atom stereocenters. The summed E-state index contributed by atoms with van der Waals surface area (Å²) in [6, 6.07) is 16.2. The van der Waals surface area contributed by atoms with E-state index in [-0.39, 0.29) is 6.54 Å². The molecule has 7 heteroatoms. The average molecular weight is 405 g/mol. The topological polar surface area (TPSA) is 84.5 Å². The lowest BCUT2D eigenvalue weighted by Crippen LogP contribution is -2.33. The molecule has 2 aromatic carbocycles. The van der Waals surface area contributed by atoms with Gasteiger partial charge in [-0.15, -0.1) is 0 Å². The summed E-state index contributed by atoms with van der Waals surface area (Å²) in [4.78, 5) is 35.2. The van der Waals surface area contributed by atoms with E-state index in [4.69, 9.17) is 4.74 Å². The number of rotatable bonds is 7. The maximum absolute atomic E-state index is 11.9. The highest BCUT2D eigenvalue weighted by atomic mass is 79.9. The molecule has 0 aromatic heterocycles. The molecule has 0 unspecified atom stereocenters. The molecule has 0 bridgehead atoms. The van der Waals surface area contributed by atoms with Gasteiger partial charge in [0, 0.05) is 11.0 Å². The Hall–Kier alpha value is -2.67. The van der Waals surface area contributed by atoms with Gasteiger partial charge in [-0.25, -0.2) is 0 Å². The van der Waals surface area contributed by atoms with Crippen molar-refractivity contribution >= 4 is 33.7 Å². The van der Waals surface area contributed by atoms with Crippen LogP contribution in [0.25, 0.3) is 0 Å². The van der Waals surface area contributed by atoms with Crippen LogP contribution in [0.15, 0.2) is 59.1 Å². The highest BCUT2D eigenvalue weighted by molar-refractivity contribution is 9.10. The third kappa shape index (κ3) is 6.39. The molecule has 0 radical (unpaired) electrons. The average Bonchev–Trinajstić information content (AvgIpc) is 2.64. The van der Waals surface area contributed by atoms with Crippen LogP contribution in [0.5, 0.6) is 0 Å². The Labute approximate surface area is 153 Å². The molecule has 0 saturated carbocycles. The van der Waals surface area contributed by atoms with Crippen LogP contribution in [0, 0.1) is 0 Å². The van der Waals surface area contributed by atoms with Crippen molar-refractivity contribution in [2.24, 2.45) is 0 Å². The molecule has 2 amide bonds. The zero-order valence-corrected chi connectivity index (χ0v) is 14.9. The third-order valence-corrected chi connectivity index (χ3v) is 3.90. The maximum Gasteiger partial charge on any atom is 0.325 e. The Morgan fingerprint density at radius 2 is 1.60 bits per heavy atom. The molecular weight excluding hydrogens is 388 g/mol. The van der Waals surface area contributed by atoms with Crippen molar-refractivity contribution in [2.75, 3.05) is 13.2 Å². The smallest absolute Gasteiger partial charge is 0.325 e. The minimum Gasteiger partial charge on any atom is -0.454 e. The highest BCUT2D eigenvalue weighted by Crippen LogP contribution is 2.15. The number of hydrogen-bond donors (Lipinski definition) is 2.